The first-order valence-electron chi connectivity index (χ1n) is 11.3. The number of piperidine rings is 1. The van der Waals surface area contributed by atoms with E-state index in [-0.39, 0.29) is 5.92 Å². The molecule has 2 aliphatic heterocycles. The van der Waals surface area contributed by atoms with Crippen molar-refractivity contribution in [1.82, 2.24) is 34.8 Å². The van der Waals surface area contributed by atoms with E-state index in [1.54, 1.807) is 12.4 Å². The maximum absolute atomic E-state index is 12.9. The van der Waals surface area contributed by atoms with Crippen LogP contribution < -0.4 is 4.90 Å². The van der Waals surface area contributed by atoms with Gasteiger partial charge in [0.05, 0.1) is 12.1 Å². The lowest BCUT2D eigenvalue weighted by Gasteiger charge is -2.34. The zero-order valence-corrected chi connectivity index (χ0v) is 17.5. The molecule has 6 rings (SSSR count). The molecule has 3 fully saturated rings. The third kappa shape index (κ3) is 3.62. The van der Waals surface area contributed by atoms with Gasteiger partial charge in [-0.1, -0.05) is 0 Å². The highest BCUT2D eigenvalue weighted by atomic mass is 16.2. The topological polar surface area (TPSA) is 104 Å². The van der Waals surface area contributed by atoms with E-state index in [2.05, 4.69) is 29.8 Å². The summed E-state index contributed by atoms with van der Waals surface area (Å²) >= 11 is 0. The van der Waals surface area contributed by atoms with Gasteiger partial charge in [-0.05, 0) is 44.6 Å². The first-order chi connectivity index (χ1) is 15.2. The molecule has 3 aliphatic rings. The Morgan fingerprint density at radius 1 is 1.00 bits per heavy atom. The summed E-state index contributed by atoms with van der Waals surface area (Å²) in [5, 5.41) is 0. The first-order valence-corrected chi connectivity index (χ1v) is 11.3. The number of imidazole rings is 1. The Morgan fingerprint density at radius 3 is 2.71 bits per heavy atom. The van der Waals surface area contributed by atoms with Crippen LogP contribution in [0.3, 0.4) is 0 Å². The van der Waals surface area contributed by atoms with Crippen molar-refractivity contribution in [2.24, 2.45) is 5.92 Å². The number of fused-ring (bicyclic) bond motifs is 1. The summed E-state index contributed by atoms with van der Waals surface area (Å²) in [5.41, 5.74) is 1.99. The van der Waals surface area contributed by atoms with Crippen LogP contribution in [0.5, 0.6) is 0 Å². The van der Waals surface area contributed by atoms with E-state index in [4.69, 9.17) is 4.98 Å². The summed E-state index contributed by atoms with van der Waals surface area (Å²) in [5.74, 6) is 3.18. The van der Waals surface area contributed by atoms with Crippen molar-refractivity contribution in [2.75, 3.05) is 31.1 Å². The van der Waals surface area contributed by atoms with Crippen LogP contribution in [0.4, 0.5) is 5.82 Å². The standard InChI is InChI=1S/C22H26N8O/c31-22(29-9-1-2-10-29)15-4-3-11-30(13-15)17-12-24-20-21(26-17)28-19(27-20)16-7-8-23-18(25-16)14-5-6-14/h7-8,12,14-15H,1-6,9-11,13H2,(H,24,26,27,28). The van der Waals surface area contributed by atoms with Crippen molar-refractivity contribution in [3.05, 3.63) is 24.3 Å². The first kappa shape index (κ1) is 18.7. The van der Waals surface area contributed by atoms with Gasteiger partial charge in [-0.15, -0.1) is 0 Å². The van der Waals surface area contributed by atoms with Crippen LogP contribution in [0.1, 0.15) is 50.3 Å². The second kappa shape index (κ2) is 7.55. The monoisotopic (exact) mass is 418 g/mol. The normalized spacial score (nSPS) is 21.7. The van der Waals surface area contributed by atoms with Crippen LogP contribution >= 0.6 is 0 Å². The molecule has 2 saturated heterocycles. The van der Waals surface area contributed by atoms with Crippen molar-refractivity contribution < 1.29 is 4.79 Å². The number of likely N-dealkylation sites (tertiary alicyclic amines) is 1. The van der Waals surface area contributed by atoms with Gasteiger partial charge < -0.3 is 14.8 Å². The number of aromatic nitrogens is 6. The van der Waals surface area contributed by atoms with Gasteiger partial charge in [0.25, 0.3) is 0 Å². The fourth-order valence-electron chi connectivity index (χ4n) is 4.69. The lowest BCUT2D eigenvalue weighted by Crippen LogP contribution is -2.44. The molecule has 160 valence electrons. The molecular weight excluding hydrogens is 392 g/mol. The smallest absolute Gasteiger partial charge is 0.227 e. The van der Waals surface area contributed by atoms with Gasteiger partial charge in [-0.25, -0.2) is 24.9 Å². The zero-order valence-electron chi connectivity index (χ0n) is 17.5. The van der Waals surface area contributed by atoms with Gasteiger partial charge in [0.1, 0.15) is 17.3 Å². The van der Waals surface area contributed by atoms with Crippen LogP contribution in [0.2, 0.25) is 0 Å². The number of amides is 1. The summed E-state index contributed by atoms with van der Waals surface area (Å²) < 4.78 is 0. The molecule has 0 aromatic carbocycles. The average Bonchev–Trinajstić information content (AvgIpc) is 3.35. The molecule has 9 nitrogen and oxygen atoms in total. The van der Waals surface area contributed by atoms with Crippen LogP contribution in [0.15, 0.2) is 18.5 Å². The number of anilines is 1. The molecular formula is C22H26N8O. The molecule has 1 unspecified atom stereocenters. The average molecular weight is 419 g/mol. The zero-order chi connectivity index (χ0) is 20.8. The molecule has 1 saturated carbocycles. The third-order valence-corrected chi connectivity index (χ3v) is 6.57. The molecule has 1 aliphatic carbocycles. The fraction of sp³-hybridized carbons (Fsp3) is 0.545. The van der Waals surface area contributed by atoms with Gasteiger partial charge in [-0.3, -0.25) is 4.79 Å². The van der Waals surface area contributed by atoms with E-state index in [0.717, 1.165) is 75.5 Å². The van der Waals surface area contributed by atoms with Gasteiger partial charge in [0.2, 0.25) is 5.91 Å². The number of nitrogens with one attached hydrogen (secondary N) is 1. The van der Waals surface area contributed by atoms with Crippen LogP contribution in [0.25, 0.3) is 22.8 Å². The van der Waals surface area contributed by atoms with E-state index >= 15 is 0 Å². The number of carbonyl (C=O) groups is 1. The molecule has 0 spiro atoms. The van der Waals surface area contributed by atoms with Crippen molar-refractivity contribution in [3.8, 4) is 11.5 Å². The van der Waals surface area contributed by atoms with Gasteiger partial charge >= 0.3 is 0 Å². The minimum atomic E-state index is 0.0449. The quantitative estimate of drug-likeness (QED) is 0.694. The Bertz CT molecular complexity index is 1120. The molecule has 31 heavy (non-hydrogen) atoms. The Kier molecular flexibility index (Phi) is 4.54. The number of hydrogen-bond donors (Lipinski definition) is 1. The van der Waals surface area contributed by atoms with Crippen molar-refractivity contribution in [3.63, 3.8) is 0 Å². The molecule has 1 atom stereocenters. The molecule has 3 aromatic rings. The lowest BCUT2D eigenvalue weighted by molar-refractivity contribution is -0.134. The summed E-state index contributed by atoms with van der Waals surface area (Å²) in [7, 11) is 0. The maximum atomic E-state index is 12.9. The predicted octanol–water partition coefficient (Wildman–Crippen LogP) is 2.53. The molecule has 3 aromatic heterocycles. The molecule has 9 heteroatoms. The predicted molar refractivity (Wildman–Crippen MR) is 115 cm³/mol. The molecule has 5 heterocycles. The fourth-order valence-corrected chi connectivity index (χ4v) is 4.69. The van der Waals surface area contributed by atoms with Gasteiger partial charge in [0.15, 0.2) is 17.1 Å². The van der Waals surface area contributed by atoms with Crippen LogP contribution in [-0.4, -0.2) is 66.9 Å². The third-order valence-electron chi connectivity index (χ3n) is 6.57. The van der Waals surface area contributed by atoms with E-state index in [1.165, 1.54) is 0 Å². The highest BCUT2D eigenvalue weighted by molar-refractivity contribution is 5.80. The molecule has 1 amide bonds. The summed E-state index contributed by atoms with van der Waals surface area (Å²) in [6, 6.07) is 1.86. The Balaban J connectivity index is 1.23. The molecule has 0 radical (unpaired) electrons. The van der Waals surface area contributed by atoms with E-state index in [9.17, 15) is 4.79 Å². The summed E-state index contributed by atoms with van der Waals surface area (Å²) in [6.45, 7) is 3.40. The highest BCUT2D eigenvalue weighted by Crippen LogP contribution is 2.38. The molecule has 0 bridgehead atoms. The summed E-state index contributed by atoms with van der Waals surface area (Å²) in [6.07, 6.45) is 10.1. The lowest BCUT2D eigenvalue weighted by atomic mass is 9.96. The van der Waals surface area contributed by atoms with E-state index in [1.807, 2.05) is 11.0 Å². The number of H-pyrrole nitrogens is 1. The Morgan fingerprint density at radius 2 is 1.87 bits per heavy atom. The van der Waals surface area contributed by atoms with Crippen molar-refractivity contribution in [1.29, 1.82) is 0 Å². The van der Waals surface area contributed by atoms with Gasteiger partial charge in [0, 0.05) is 38.3 Å². The molecule has 1 N–H and O–H groups in total. The van der Waals surface area contributed by atoms with E-state index in [0.29, 0.717) is 35.5 Å². The minimum absolute atomic E-state index is 0.0449. The largest absolute Gasteiger partial charge is 0.354 e. The van der Waals surface area contributed by atoms with Crippen LogP contribution in [-0.2, 0) is 4.79 Å². The Hall–Kier alpha value is -3.10. The number of carbonyl (C=O) groups excluding carboxylic acids is 1. The summed E-state index contributed by atoms with van der Waals surface area (Å²) in [4.78, 5) is 43.3. The number of nitrogens with zero attached hydrogens (tertiary/aromatic N) is 7. The van der Waals surface area contributed by atoms with Crippen molar-refractivity contribution >= 4 is 23.0 Å². The van der Waals surface area contributed by atoms with Gasteiger partial charge in [-0.2, -0.15) is 0 Å². The number of hydrogen-bond acceptors (Lipinski definition) is 7. The number of rotatable bonds is 4. The highest BCUT2D eigenvalue weighted by Gasteiger charge is 2.31. The second-order valence-corrected chi connectivity index (χ2v) is 8.88. The number of aromatic amines is 1. The maximum Gasteiger partial charge on any atom is 0.227 e. The van der Waals surface area contributed by atoms with E-state index < -0.39 is 0 Å². The van der Waals surface area contributed by atoms with Crippen LogP contribution in [0, 0.1) is 5.92 Å². The minimum Gasteiger partial charge on any atom is -0.354 e. The van der Waals surface area contributed by atoms with Crippen molar-refractivity contribution in [2.45, 2.75) is 44.4 Å². The SMILES string of the molecule is O=C(C1CCCN(c2cnc3nc(-c4ccnc(C5CC5)n4)[nH]c3n2)C1)N1CCCC1. The Labute approximate surface area is 180 Å². The second-order valence-electron chi connectivity index (χ2n) is 8.88.